The number of hydrogen-bond acceptors (Lipinski definition) is 3. The van der Waals surface area contributed by atoms with Crippen molar-refractivity contribution >= 4 is 5.91 Å². The summed E-state index contributed by atoms with van der Waals surface area (Å²) in [6.45, 7) is 5.78. The monoisotopic (exact) mass is 227 g/mol. The van der Waals surface area contributed by atoms with Crippen molar-refractivity contribution in [1.29, 1.82) is 0 Å². The molecule has 3 atom stereocenters. The molecule has 1 saturated heterocycles. The van der Waals surface area contributed by atoms with E-state index >= 15 is 0 Å². The van der Waals surface area contributed by atoms with Gasteiger partial charge in [0.25, 0.3) is 0 Å². The molecule has 1 fully saturated rings. The summed E-state index contributed by atoms with van der Waals surface area (Å²) in [5.41, 5.74) is 5.98. The van der Waals surface area contributed by atoms with Gasteiger partial charge >= 0.3 is 0 Å². The Bertz CT molecular complexity index is 232. The van der Waals surface area contributed by atoms with Crippen LogP contribution in [0.2, 0.25) is 0 Å². The fraction of sp³-hybridized carbons (Fsp3) is 0.917. The number of rotatable bonds is 4. The van der Waals surface area contributed by atoms with Crippen molar-refractivity contribution in [2.24, 2.45) is 11.7 Å². The number of carbonyl (C=O) groups is 1. The number of piperidine rings is 1. The Balaban J connectivity index is 2.52. The first-order valence-electron chi connectivity index (χ1n) is 6.31. The Kier molecular flexibility index (Phi) is 5.22. The van der Waals surface area contributed by atoms with Crippen molar-refractivity contribution in [3.63, 3.8) is 0 Å². The molecule has 4 nitrogen and oxygen atoms in total. The Morgan fingerprint density at radius 2 is 2.31 bits per heavy atom. The van der Waals surface area contributed by atoms with Gasteiger partial charge in [0, 0.05) is 19.1 Å². The van der Waals surface area contributed by atoms with Gasteiger partial charge in [0.1, 0.15) is 0 Å². The van der Waals surface area contributed by atoms with E-state index in [1.165, 1.54) is 0 Å². The van der Waals surface area contributed by atoms with E-state index in [1.54, 1.807) is 0 Å². The van der Waals surface area contributed by atoms with Crippen molar-refractivity contribution in [2.45, 2.75) is 45.2 Å². The topological polar surface area (TPSA) is 58.4 Å². The SMILES string of the molecule is CCC(C)C(N)C(=O)N1CCCC(NC)C1. The van der Waals surface area contributed by atoms with Gasteiger partial charge in [-0.25, -0.2) is 0 Å². The summed E-state index contributed by atoms with van der Waals surface area (Å²) in [5.74, 6) is 0.386. The zero-order valence-electron chi connectivity index (χ0n) is 10.7. The summed E-state index contributed by atoms with van der Waals surface area (Å²) in [6, 6.07) is 0.0995. The van der Waals surface area contributed by atoms with Gasteiger partial charge < -0.3 is 16.0 Å². The molecule has 1 heterocycles. The van der Waals surface area contributed by atoms with Crippen LogP contribution in [0.25, 0.3) is 0 Å². The molecule has 0 aromatic rings. The van der Waals surface area contributed by atoms with E-state index in [0.29, 0.717) is 6.04 Å². The molecule has 0 bridgehead atoms. The number of likely N-dealkylation sites (N-methyl/N-ethyl adjacent to an activating group) is 1. The van der Waals surface area contributed by atoms with Crippen LogP contribution in [0.1, 0.15) is 33.1 Å². The molecular formula is C12H25N3O. The highest BCUT2D eigenvalue weighted by Crippen LogP contribution is 2.14. The van der Waals surface area contributed by atoms with Gasteiger partial charge in [-0.2, -0.15) is 0 Å². The molecule has 4 heteroatoms. The number of likely N-dealkylation sites (tertiary alicyclic amines) is 1. The molecule has 1 rings (SSSR count). The maximum absolute atomic E-state index is 12.1. The zero-order chi connectivity index (χ0) is 12.1. The zero-order valence-corrected chi connectivity index (χ0v) is 10.7. The normalized spacial score (nSPS) is 25.2. The third-order valence-corrected chi connectivity index (χ3v) is 3.68. The van der Waals surface area contributed by atoms with Gasteiger partial charge in [-0.1, -0.05) is 20.3 Å². The molecule has 1 aliphatic rings. The summed E-state index contributed by atoms with van der Waals surface area (Å²) in [6.07, 6.45) is 3.18. The van der Waals surface area contributed by atoms with Crippen molar-refractivity contribution in [2.75, 3.05) is 20.1 Å². The smallest absolute Gasteiger partial charge is 0.239 e. The second kappa shape index (κ2) is 6.21. The highest BCUT2D eigenvalue weighted by atomic mass is 16.2. The Labute approximate surface area is 98.6 Å². The van der Waals surface area contributed by atoms with Crippen LogP contribution in [0.15, 0.2) is 0 Å². The Morgan fingerprint density at radius 1 is 1.62 bits per heavy atom. The fourth-order valence-electron chi connectivity index (χ4n) is 2.12. The van der Waals surface area contributed by atoms with Crippen LogP contribution in [-0.2, 0) is 4.79 Å². The molecule has 0 saturated carbocycles. The quantitative estimate of drug-likeness (QED) is 0.738. The summed E-state index contributed by atoms with van der Waals surface area (Å²) < 4.78 is 0. The largest absolute Gasteiger partial charge is 0.340 e. The number of nitrogens with zero attached hydrogens (tertiary/aromatic N) is 1. The van der Waals surface area contributed by atoms with Crippen LogP contribution >= 0.6 is 0 Å². The Hall–Kier alpha value is -0.610. The van der Waals surface area contributed by atoms with E-state index in [9.17, 15) is 4.79 Å². The Morgan fingerprint density at radius 3 is 2.88 bits per heavy atom. The van der Waals surface area contributed by atoms with Crippen molar-refractivity contribution in [3.8, 4) is 0 Å². The van der Waals surface area contributed by atoms with Crippen LogP contribution in [0.3, 0.4) is 0 Å². The van der Waals surface area contributed by atoms with Gasteiger partial charge in [-0.05, 0) is 25.8 Å². The first kappa shape index (κ1) is 13.5. The summed E-state index contributed by atoms with van der Waals surface area (Å²) >= 11 is 0. The lowest BCUT2D eigenvalue weighted by Crippen LogP contribution is -2.53. The van der Waals surface area contributed by atoms with Crippen LogP contribution in [0.4, 0.5) is 0 Å². The third-order valence-electron chi connectivity index (χ3n) is 3.68. The fourth-order valence-corrected chi connectivity index (χ4v) is 2.12. The average molecular weight is 227 g/mol. The second-order valence-electron chi connectivity index (χ2n) is 4.82. The second-order valence-corrected chi connectivity index (χ2v) is 4.82. The van der Waals surface area contributed by atoms with Gasteiger partial charge in [0.15, 0.2) is 0 Å². The average Bonchev–Trinajstić information content (AvgIpc) is 2.36. The molecule has 94 valence electrons. The van der Waals surface area contributed by atoms with E-state index in [-0.39, 0.29) is 17.9 Å². The minimum Gasteiger partial charge on any atom is -0.340 e. The van der Waals surface area contributed by atoms with Crippen LogP contribution in [0, 0.1) is 5.92 Å². The molecule has 1 aliphatic heterocycles. The molecule has 0 aromatic heterocycles. The minimum absolute atomic E-state index is 0.120. The maximum Gasteiger partial charge on any atom is 0.239 e. The van der Waals surface area contributed by atoms with Crippen molar-refractivity contribution < 1.29 is 4.79 Å². The van der Waals surface area contributed by atoms with Gasteiger partial charge in [0.2, 0.25) is 5.91 Å². The van der Waals surface area contributed by atoms with Crippen molar-refractivity contribution in [1.82, 2.24) is 10.2 Å². The lowest BCUT2D eigenvalue weighted by molar-refractivity contribution is -0.135. The van der Waals surface area contributed by atoms with Gasteiger partial charge in [-0.3, -0.25) is 4.79 Å². The first-order chi connectivity index (χ1) is 7.60. The van der Waals surface area contributed by atoms with E-state index in [0.717, 1.165) is 32.4 Å². The summed E-state index contributed by atoms with van der Waals surface area (Å²) in [5, 5.41) is 3.24. The molecule has 0 radical (unpaired) electrons. The van der Waals surface area contributed by atoms with Gasteiger partial charge in [0.05, 0.1) is 6.04 Å². The predicted molar refractivity (Wildman–Crippen MR) is 66.1 cm³/mol. The van der Waals surface area contributed by atoms with E-state index in [1.807, 2.05) is 18.9 Å². The highest BCUT2D eigenvalue weighted by Gasteiger charge is 2.28. The highest BCUT2D eigenvalue weighted by molar-refractivity contribution is 5.82. The molecule has 0 aliphatic carbocycles. The molecule has 0 aromatic carbocycles. The number of carbonyl (C=O) groups excluding carboxylic acids is 1. The number of amides is 1. The minimum atomic E-state index is -0.333. The lowest BCUT2D eigenvalue weighted by Gasteiger charge is -2.35. The van der Waals surface area contributed by atoms with E-state index in [4.69, 9.17) is 5.73 Å². The number of hydrogen-bond donors (Lipinski definition) is 2. The summed E-state index contributed by atoms with van der Waals surface area (Å²) in [4.78, 5) is 14.1. The molecular weight excluding hydrogens is 202 g/mol. The third kappa shape index (κ3) is 3.19. The number of nitrogens with two attached hydrogens (primary N) is 1. The predicted octanol–water partition coefficient (Wildman–Crippen LogP) is 0.570. The van der Waals surface area contributed by atoms with Gasteiger partial charge in [-0.15, -0.1) is 0 Å². The van der Waals surface area contributed by atoms with Crippen LogP contribution in [-0.4, -0.2) is 43.0 Å². The van der Waals surface area contributed by atoms with Crippen LogP contribution in [0.5, 0.6) is 0 Å². The van der Waals surface area contributed by atoms with E-state index in [2.05, 4.69) is 12.2 Å². The number of nitrogens with one attached hydrogen (secondary N) is 1. The standard InChI is InChI=1S/C12H25N3O/c1-4-9(2)11(13)12(16)15-7-5-6-10(8-15)14-3/h9-11,14H,4-8,13H2,1-3H3. The van der Waals surface area contributed by atoms with E-state index < -0.39 is 0 Å². The molecule has 3 N–H and O–H groups in total. The summed E-state index contributed by atoms with van der Waals surface area (Å²) in [7, 11) is 1.95. The van der Waals surface area contributed by atoms with Crippen molar-refractivity contribution in [3.05, 3.63) is 0 Å². The molecule has 3 unspecified atom stereocenters. The van der Waals surface area contributed by atoms with Crippen LogP contribution < -0.4 is 11.1 Å². The molecule has 1 amide bonds. The first-order valence-corrected chi connectivity index (χ1v) is 6.31. The molecule has 0 spiro atoms. The lowest BCUT2D eigenvalue weighted by atomic mass is 9.97. The maximum atomic E-state index is 12.1. The molecule has 16 heavy (non-hydrogen) atoms.